The van der Waals surface area contributed by atoms with Gasteiger partial charge in [0.2, 0.25) is 0 Å². The fraction of sp³-hybridized carbons (Fsp3) is 0.200. The van der Waals surface area contributed by atoms with E-state index in [4.69, 9.17) is 0 Å². The summed E-state index contributed by atoms with van der Waals surface area (Å²) in [5, 5.41) is 0. The van der Waals surface area contributed by atoms with E-state index >= 15 is 0 Å². The van der Waals surface area contributed by atoms with Crippen molar-refractivity contribution in [2.45, 2.75) is 20.8 Å². The zero-order valence-electron chi connectivity index (χ0n) is 10.5. The Hall–Kier alpha value is -1.54. The van der Waals surface area contributed by atoms with E-state index in [9.17, 15) is 0 Å². The molecule has 17 heavy (non-hydrogen) atoms. The molecule has 85 valence electrons. The molecule has 3 radical (unpaired) electrons. The summed E-state index contributed by atoms with van der Waals surface area (Å²) in [7, 11) is 3.69. The van der Waals surface area contributed by atoms with Gasteiger partial charge in [0.1, 0.15) is 0 Å². The van der Waals surface area contributed by atoms with E-state index in [2.05, 4.69) is 55.4 Å². The summed E-state index contributed by atoms with van der Waals surface area (Å²) in [6.07, 6.45) is 0. The molecule has 0 N–H and O–H groups in total. The molecule has 2 rings (SSSR count). The molecule has 0 saturated heterocycles. The van der Waals surface area contributed by atoms with Crippen LogP contribution < -0.4 is 4.57 Å². The summed E-state index contributed by atoms with van der Waals surface area (Å²) in [5.41, 5.74) is 6.32. The summed E-state index contributed by atoms with van der Waals surface area (Å²) < 4.78 is 2.04. The maximum atomic E-state index is 3.69. The molecular formula is C15H16NSi. The first-order chi connectivity index (χ1) is 8.11. The van der Waals surface area contributed by atoms with Gasteiger partial charge in [0.15, 0.2) is 10.4 Å². The zero-order valence-corrected chi connectivity index (χ0v) is 11.5. The third-order valence-electron chi connectivity index (χ3n) is 3.28. The van der Waals surface area contributed by atoms with Crippen LogP contribution in [0.5, 0.6) is 0 Å². The Morgan fingerprint density at radius 3 is 2.12 bits per heavy atom. The highest BCUT2D eigenvalue weighted by Crippen LogP contribution is 2.29. The van der Waals surface area contributed by atoms with Crippen LogP contribution in [-0.2, 0) is 0 Å². The number of anilines is 2. The molecule has 2 aromatic carbocycles. The van der Waals surface area contributed by atoms with Crippen molar-refractivity contribution in [2.75, 3.05) is 4.57 Å². The zero-order chi connectivity index (χ0) is 12.4. The number of aryl methyl sites for hydroxylation is 1. The Kier molecular flexibility index (Phi) is 3.34. The SMILES string of the molecule is Cc1ccc(N([Si])c2ccccc2)c(C)c1C. The van der Waals surface area contributed by atoms with E-state index in [0.29, 0.717) is 0 Å². The Balaban J connectivity index is 2.45. The van der Waals surface area contributed by atoms with Crippen LogP contribution >= 0.6 is 0 Å². The molecule has 0 heterocycles. The van der Waals surface area contributed by atoms with Crippen molar-refractivity contribution in [2.24, 2.45) is 0 Å². The Labute approximate surface area is 107 Å². The van der Waals surface area contributed by atoms with Crippen molar-refractivity contribution in [1.29, 1.82) is 0 Å². The first kappa shape index (κ1) is 11.9. The van der Waals surface area contributed by atoms with Gasteiger partial charge in [0.25, 0.3) is 0 Å². The molecule has 0 unspecified atom stereocenters. The van der Waals surface area contributed by atoms with E-state index in [1.54, 1.807) is 0 Å². The lowest BCUT2D eigenvalue weighted by Crippen LogP contribution is -2.13. The summed E-state index contributed by atoms with van der Waals surface area (Å²) >= 11 is 0. The van der Waals surface area contributed by atoms with Crippen LogP contribution in [0, 0.1) is 20.8 Å². The van der Waals surface area contributed by atoms with Gasteiger partial charge in [-0.05, 0) is 55.7 Å². The van der Waals surface area contributed by atoms with Gasteiger partial charge >= 0.3 is 0 Å². The van der Waals surface area contributed by atoms with Gasteiger partial charge in [0, 0.05) is 11.4 Å². The molecule has 0 aliphatic carbocycles. The van der Waals surface area contributed by atoms with Crippen molar-refractivity contribution in [3.63, 3.8) is 0 Å². The van der Waals surface area contributed by atoms with Crippen molar-refractivity contribution in [1.82, 2.24) is 0 Å². The third kappa shape index (κ3) is 2.27. The Bertz CT molecular complexity index is 520. The number of benzene rings is 2. The molecule has 0 aromatic heterocycles. The van der Waals surface area contributed by atoms with Gasteiger partial charge in [-0.15, -0.1) is 0 Å². The number of nitrogens with zero attached hydrogens (tertiary/aromatic N) is 1. The molecule has 0 atom stereocenters. The van der Waals surface area contributed by atoms with Crippen molar-refractivity contribution in [3.05, 3.63) is 59.2 Å². The maximum absolute atomic E-state index is 3.69. The molecule has 2 heteroatoms. The van der Waals surface area contributed by atoms with Gasteiger partial charge in [-0.2, -0.15) is 0 Å². The van der Waals surface area contributed by atoms with E-state index in [-0.39, 0.29) is 0 Å². The van der Waals surface area contributed by atoms with E-state index < -0.39 is 0 Å². The molecule has 0 amide bonds. The minimum absolute atomic E-state index is 1.13. The summed E-state index contributed by atoms with van der Waals surface area (Å²) in [6, 6.07) is 14.6. The summed E-state index contributed by atoms with van der Waals surface area (Å²) in [5.74, 6) is 0. The molecule has 0 spiro atoms. The predicted molar refractivity (Wildman–Crippen MR) is 75.0 cm³/mol. The highest BCUT2D eigenvalue weighted by molar-refractivity contribution is 6.22. The van der Waals surface area contributed by atoms with Crippen LogP contribution in [0.25, 0.3) is 0 Å². The third-order valence-corrected chi connectivity index (χ3v) is 3.78. The average Bonchev–Trinajstić information content (AvgIpc) is 2.36. The molecule has 0 bridgehead atoms. The van der Waals surface area contributed by atoms with Gasteiger partial charge in [-0.25, -0.2) is 0 Å². The lowest BCUT2D eigenvalue weighted by atomic mass is 10.0. The molecule has 0 aliphatic rings. The van der Waals surface area contributed by atoms with E-state index in [1.807, 2.05) is 22.8 Å². The van der Waals surface area contributed by atoms with E-state index in [0.717, 1.165) is 5.69 Å². The monoisotopic (exact) mass is 238 g/mol. The van der Waals surface area contributed by atoms with E-state index in [1.165, 1.54) is 22.4 Å². The molecular weight excluding hydrogens is 222 g/mol. The highest BCUT2D eigenvalue weighted by atomic mass is 28.2. The van der Waals surface area contributed by atoms with Crippen LogP contribution in [-0.4, -0.2) is 10.4 Å². The molecule has 1 nitrogen and oxygen atoms in total. The quantitative estimate of drug-likeness (QED) is 0.719. The molecule has 2 aromatic rings. The summed E-state index contributed by atoms with van der Waals surface area (Å²) in [6.45, 7) is 6.47. The Morgan fingerprint density at radius 2 is 1.47 bits per heavy atom. The second-order valence-electron chi connectivity index (χ2n) is 4.32. The summed E-state index contributed by atoms with van der Waals surface area (Å²) in [4.78, 5) is 0. The van der Waals surface area contributed by atoms with Gasteiger partial charge < -0.3 is 4.57 Å². The number of para-hydroxylation sites is 1. The first-order valence-electron chi connectivity index (χ1n) is 5.74. The minimum atomic E-state index is 1.13. The highest BCUT2D eigenvalue weighted by Gasteiger charge is 2.09. The van der Waals surface area contributed by atoms with Crippen molar-refractivity contribution < 1.29 is 0 Å². The molecule has 0 fully saturated rings. The fourth-order valence-electron chi connectivity index (χ4n) is 1.90. The van der Waals surface area contributed by atoms with Crippen LogP contribution in [0.3, 0.4) is 0 Å². The second kappa shape index (κ2) is 4.76. The van der Waals surface area contributed by atoms with Gasteiger partial charge in [-0.3, -0.25) is 0 Å². The maximum Gasteiger partial charge on any atom is 0.196 e. The van der Waals surface area contributed by atoms with Crippen LogP contribution in [0.1, 0.15) is 16.7 Å². The topological polar surface area (TPSA) is 3.24 Å². The van der Waals surface area contributed by atoms with Crippen molar-refractivity contribution >= 4 is 21.8 Å². The van der Waals surface area contributed by atoms with Gasteiger partial charge in [0.05, 0.1) is 0 Å². The van der Waals surface area contributed by atoms with Crippen LogP contribution in [0.15, 0.2) is 42.5 Å². The largest absolute Gasteiger partial charge is 0.370 e. The fourth-order valence-corrected chi connectivity index (χ4v) is 2.29. The van der Waals surface area contributed by atoms with Crippen LogP contribution in [0.2, 0.25) is 0 Å². The van der Waals surface area contributed by atoms with Gasteiger partial charge in [-0.1, -0.05) is 24.3 Å². The predicted octanol–water partition coefficient (Wildman–Crippen LogP) is 3.83. The lowest BCUT2D eigenvalue weighted by Gasteiger charge is -2.23. The Morgan fingerprint density at radius 1 is 0.824 bits per heavy atom. The number of rotatable bonds is 2. The number of hydrogen-bond acceptors (Lipinski definition) is 1. The standard InChI is InChI=1S/C15H16NSi/c1-11-9-10-15(13(3)12(11)2)16(17)14-7-5-4-6-8-14/h4-10H,1-3H3. The second-order valence-corrected chi connectivity index (χ2v) is 4.77. The van der Waals surface area contributed by atoms with Crippen LogP contribution in [0.4, 0.5) is 11.4 Å². The number of hydrogen-bond donors (Lipinski definition) is 0. The smallest absolute Gasteiger partial charge is 0.196 e. The first-order valence-corrected chi connectivity index (χ1v) is 6.19. The molecule has 0 aliphatic heterocycles. The minimum Gasteiger partial charge on any atom is -0.370 e. The lowest BCUT2D eigenvalue weighted by molar-refractivity contribution is 1.24. The normalized spacial score (nSPS) is 10.4. The molecule has 0 saturated carbocycles. The van der Waals surface area contributed by atoms with Crippen molar-refractivity contribution in [3.8, 4) is 0 Å². The average molecular weight is 238 g/mol.